The summed E-state index contributed by atoms with van der Waals surface area (Å²) in [6.45, 7) is 0. The minimum absolute atomic E-state index is 0.0661. The van der Waals surface area contributed by atoms with Crippen molar-refractivity contribution in [3.63, 3.8) is 0 Å². The lowest BCUT2D eigenvalue weighted by Crippen LogP contribution is -1.93. The van der Waals surface area contributed by atoms with Gasteiger partial charge < -0.3 is 5.32 Å². The van der Waals surface area contributed by atoms with Gasteiger partial charge in [0.1, 0.15) is 0 Å². The minimum Gasteiger partial charge on any atom is -0.388 e. The molecule has 0 amide bonds. The van der Waals surface area contributed by atoms with Gasteiger partial charge in [-0.25, -0.2) is 0 Å². The highest BCUT2D eigenvalue weighted by Crippen LogP contribution is 2.33. The van der Waals surface area contributed by atoms with Crippen LogP contribution in [0.5, 0.6) is 0 Å². The molecular formula is C13H11ClN2O2S. The molecule has 2 rings (SSSR count). The van der Waals surface area contributed by atoms with E-state index in [4.69, 9.17) is 11.6 Å². The molecule has 0 aliphatic heterocycles. The van der Waals surface area contributed by atoms with Crippen molar-refractivity contribution < 1.29 is 4.92 Å². The van der Waals surface area contributed by atoms with Crippen molar-refractivity contribution in [1.82, 2.24) is 0 Å². The van der Waals surface area contributed by atoms with Crippen LogP contribution in [0, 0.1) is 10.1 Å². The van der Waals surface area contributed by atoms with Crippen LogP contribution in [-0.4, -0.2) is 12.0 Å². The summed E-state index contributed by atoms with van der Waals surface area (Å²) in [6.07, 6.45) is 0. The van der Waals surface area contributed by atoms with E-state index in [2.05, 4.69) is 5.32 Å². The average Bonchev–Trinajstić information content (AvgIpc) is 2.38. The molecule has 19 heavy (non-hydrogen) atoms. The number of non-ortho nitro benzene ring substituents is 1. The summed E-state index contributed by atoms with van der Waals surface area (Å²) in [7, 11) is 1.73. The van der Waals surface area contributed by atoms with Crippen molar-refractivity contribution in [1.29, 1.82) is 0 Å². The lowest BCUT2D eigenvalue weighted by molar-refractivity contribution is -0.385. The Bertz CT molecular complexity index is 619. The molecule has 0 aliphatic carbocycles. The van der Waals surface area contributed by atoms with Gasteiger partial charge in [0.25, 0.3) is 5.69 Å². The van der Waals surface area contributed by atoms with Crippen LogP contribution >= 0.6 is 23.4 Å². The SMILES string of the molecule is CNc1cc(Sc2cccc(Cl)c2)cc([N+](=O)[O-])c1. The second-order valence-electron chi connectivity index (χ2n) is 3.78. The molecule has 0 aromatic heterocycles. The van der Waals surface area contributed by atoms with Crippen LogP contribution in [0.3, 0.4) is 0 Å². The van der Waals surface area contributed by atoms with Crippen molar-refractivity contribution in [3.05, 3.63) is 57.6 Å². The molecule has 98 valence electrons. The van der Waals surface area contributed by atoms with E-state index in [1.165, 1.54) is 17.8 Å². The highest BCUT2D eigenvalue weighted by Gasteiger charge is 2.10. The van der Waals surface area contributed by atoms with Crippen LogP contribution in [0.2, 0.25) is 5.02 Å². The number of nitrogens with zero attached hydrogens (tertiary/aromatic N) is 1. The number of hydrogen-bond acceptors (Lipinski definition) is 4. The first-order chi connectivity index (χ1) is 9.08. The highest BCUT2D eigenvalue weighted by molar-refractivity contribution is 7.99. The molecule has 0 spiro atoms. The molecule has 0 aliphatic rings. The minimum atomic E-state index is -0.400. The zero-order valence-corrected chi connectivity index (χ0v) is 11.7. The van der Waals surface area contributed by atoms with Crippen LogP contribution in [0.15, 0.2) is 52.3 Å². The summed E-state index contributed by atoms with van der Waals surface area (Å²) < 4.78 is 0. The van der Waals surface area contributed by atoms with E-state index in [0.29, 0.717) is 10.7 Å². The number of nitrogens with one attached hydrogen (secondary N) is 1. The number of hydrogen-bond donors (Lipinski definition) is 1. The Hall–Kier alpha value is -1.72. The van der Waals surface area contributed by atoms with Crippen LogP contribution < -0.4 is 5.32 Å². The van der Waals surface area contributed by atoms with Crippen LogP contribution in [0.25, 0.3) is 0 Å². The molecule has 4 nitrogen and oxygen atoms in total. The largest absolute Gasteiger partial charge is 0.388 e. The Morgan fingerprint density at radius 1 is 1.21 bits per heavy atom. The third kappa shape index (κ3) is 3.62. The van der Waals surface area contributed by atoms with Gasteiger partial charge in [0, 0.05) is 39.7 Å². The molecule has 0 heterocycles. The Balaban J connectivity index is 2.34. The Morgan fingerprint density at radius 2 is 2.00 bits per heavy atom. The van der Waals surface area contributed by atoms with Crippen LogP contribution in [-0.2, 0) is 0 Å². The smallest absolute Gasteiger partial charge is 0.272 e. The summed E-state index contributed by atoms with van der Waals surface area (Å²) in [6, 6.07) is 12.3. The lowest BCUT2D eigenvalue weighted by Gasteiger charge is -2.05. The second kappa shape index (κ2) is 5.95. The molecule has 0 saturated carbocycles. The van der Waals surface area contributed by atoms with Crippen LogP contribution in [0.1, 0.15) is 0 Å². The van der Waals surface area contributed by atoms with Gasteiger partial charge in [0.15, 0.2) is 0 Å². The van der Waals surface area contributed by atoms with Crippen molar-refractivity contribution in [2.45, 2.75) is 9.79 Å². The Labute approximate surface area is 119 Å². The van der Waals surface area contributed by atoms with E-state index >= 15 is 0 Å². The molecule has 0 unspecified atom stereocenters. The zero-order chi connectivity index (χ0) is 13.8. The van der Waals surface area contributed by atoms with Gasteiger partial charge in [-0.15, -0.1) is 0 Å². The number of nitro groups is 1. The first kappa shape index (κ1) is 13.7. The quantitative estimate of drug-likeness (QED) is 0.669. The summed E-state index contributed by atoms with van der Waals surface area (Å²) in [5.74, 6) is 0. The first-order valence-corrected chi connectivity index (χ1v) is 6.68. The summed E-state index contributed by atoms with van der Waals surface area (Å²) in [5, 5.41) is 14.4. The average molecular weight is 295 g/mol. The summed E-state index contributed by atoms with van der Waals surface area (Å²) in [5.41, 5.74) is 0.773. The lowest BCUT2D eigenvalue weighted by atomic mass is 10.3. The maximum absolute atomic E-state index is 10.9. The molecule has 2 aromatic rings. The van der Waals surface area contributed by atoms with Crippen LogP contribution in [0.4, 0.5) is 11.4 Å². The fraction of sp³-hybridized carbons (Fsp3) is 0.0769. The van der Waals surface area contributed by atoms with Gasteiger partial charge >= 0.3 is 0 Å². The fourth-order valence-corrected chi connectivity index (χ4v) is 2.78. The van der Waals surface area contributed by atoms with Gasteiger partial charge in [0.2, 0.25) is 0 Å². The topological polar surface area (TPSA) is 55.2 Å². The Morgan fingerprint density at radius 3 is 2.63 bits per heavy atom. The molecule has 0 atom stereocenters. The third-order valence-corrected chi connectivity index (χ3v) is 3.62. The number of rotatable bonds is 4. The predicted octanol–water partition coefficient (Wildman–Crippen LogP) is 4.44. The number of anilines is 1. The molecule has 0 saturated heterocycles. The van der Waals surface area contributed by atoms with E-state index in [0.717, 1.165) is 9.79 Å². The molecule has 0 fully saturated rings. The van der Waals surface area contributed by atoms with Gasteiger partial charge in [-0.05, 0) is 24.3 Å². The maximum atomic E-state index is 10.9. The van der Waals surface area contributed by atoms with Crippen molar-refractivity contribution in [2.75, 3.05) is 12.4 Å². The second-order valence-corrected chi connectivity index (χ2v) is 5.37. The molecule has 6 heteroatoms. The molecular weight excluding hydrogens is 284 g/mol. The highest BCUT2D eigenvalue weighted by atomic mass is 35.5. The third-order valence-electron chi connectivity index (χ3n) is 2.42. The maximum Gasteiger partial charge on any atom is 0.272 e. The monoisotopic (exact) mass is 294 g/mol. The number of benzene rings is 2. The fourth-order valence-electron chi connectivity index (χ4n) is 1.56. The standard InChI is InChI=1S/C13H11ClN2O2S/c1-15-10-6-11(16(17)18)8-13(7-10)19-12-4-2-3-9(14)5-12/h2-8,15H,1H3. The number of nitro benzene ring substituents is 1. The number of halogens is 1. The van der Waals surface area contributed by atoms with Gasteiger partial charge in [-0.1, -0.05) is 29.4 Å². The van der Waals surface area contributed by atoms with Crippen molar-refractivity contribution in [3.8, 4) is 0 Å². The predicted molar refractivity (Wildman–Crippen MR) is 78.2 cm³/mol. The van der Waals surface area contributed by atoms with Gasteiger partial charge in [-0.3, -0.25) is 10.1 Å². The molecule has 0 radical (unpaired) electrons. The summed E-state index contributed by atoms with van der Waals surface area (Å²) >= 11 is 7.35. The van der Waals surface area contributed by atoms with E-state index in [1.807, 2.05) is 24.3 Å². The zero-order valence-electron chi connectivity index (χ0n) is 10.1. The van der Waals surface area contributed by atoms with Gasteiger partial charge in [0.05, 0.1) is 4.92 Å². The molecule has 0 bridgehead atoms. The first-order valence-electron chi connectivity index (χ1n) is 5.49. The van der Waals surface area contributed by atoms with Crippen molar-refractivity contribution >= 4 is 34.7 Å². The normalized spacial score (nSPS) is 10.2. The van der Waals surface area contributed by atoms with E-state index in [9.17, 15) is 10.1 Å². The van der Waals surface area contributed by atoms with Crippen molar-refractivity contribution in [2.24, 2.45) is 0 Å². The Kier molecular flexibility index (Phi) is 4.29. The van der Waals surface area contributed by atoms with E-state index in [-0.39, 0.29) is 5.69 Å². The van der Waals surface area contributed by atoms with E-state index < -0.39 is 4.92 Å². The molecule has 2 aromatic carbocycles. The van der Waals surface area contributed by atoms with E-state index in [1.54, 1.807) is 19.2 Å². The molecule has 1 N–H and O–H groups in total. The summed E-state index contributed by atoms with van der Waals surface area (Å²) in [4.78, 5) is 12.2. The van der Waals surface area contributed by atoms with Gasteiger partial charge in [-0.2, -0.15) is 0 Å².